The molecule has 0 heterocycles. The monoisotopic (exact) mass is 318 g/mol. The lowest BCUT2D eigenvalue weighted by Gasteiger charge is -2.25. The highest BCUT2D eigenvalue weighted by atomic mass is 32.2. The number of hydrogen-bond donors (Lipinski definition) is 1. The van der Waals surface area contributed by atoms with Crippen LogP contribution >= 0.6 is 23.5 Å². The number of rotatable bonds is 6. The summed E-state index contributed by atoms with van der Waals surface area (Å²) in [6.45, 7) is 1.32. The van der Waals surface area contributed by atoms with Gasteiger partial charge >= 0.3 is 5.97 Å². The third-order valence-corrected chi connectivity index (χ3v) is 5.77. The van der Waals surface area contributed by atoms with E-state index in [4.69, 9.17) is 0 Å². The molecule has 0 amide bonds. The van der Waals surface area contributed by atoms with Crippen molar-refractivity contribution < 1.29 is 14.7 Å². The van der Waals surface area contributed by atoms with Crippen LogP contribution in [0.25, 0.3) is 0 Å². The van der Waals surface area contributed by atoms with E-state index in [1.54, 1.807) is 24.3 Å². The molecule has 21 heavy (non-hydrogen) atoms. The number of benzene rings is 2. The van der Waals surface area contributed by atoms with Gasteiger partial charge in [0.1, 0.15) is 0 Å². The lowest BCUT2D eigenvalue weighted by Crippen LogP contribution is -2.38. The molecule has 0 aliphatic rings. The van der Waals surface area contributed by atoms with Crippen molar-refractivity contribution in [1.82, 2.24) is 0 Å². The number of carboxylic acid groups (broad SMARTS) is 1. The minimum atomic E-state index is -1.58. The SMILES string of the molecule is CC(=O)C(Sc1ccccc1)(Sc1ccccc1)C(=O)O. The molecule has 0 saturated heterocycles. The molecule has 3 nitrogen and oxygen atoms in total. The van der Waals surface area contributed by atoms with Crippen LogP contribution < -0.4 is 0 Å². The third-order valence-electron chi connectivity index (χ3n) is 2.75. The average Bonchev–Trinajstić information content (AvgIpc) is 2.48. The molecule has 0 aliphatic carbocycles. The number of hydrogen-bond acceptors (Lipinski definition) is 4. The first kappa shape index (κ1) is 15.7. The Bertz CT molecular complexity index is 569. The number of ketones is 1. The molecular formula is C16H14O3S2. The van der Waals surface area contributed by atoms with Gasteiger partial charge in [0.2, 0.25) is 4.08 Å². The highest BCUT2D eigenvalue weighted by Crippen LogP contribution is 2.46. The molecule has 2 rings (SSSR count). The van der Waals surface area contributed by atoms with Gasteiger partial charge in [-0.05, 0) is 31.2 Å². The summed E-state index contributed by atoms with van der Waals surface area (Å²) in [7, 11) is 0. The third kappa shape index (κ3) is 3.68. The highest BCUT2D eigenvalue weighted by molar-refractivity contribution is 8.20. The Morgan fingerprint density at radius 1 is 0.857 bits per heavy atom. The Balaban J connectivity index is 2.38. The van der Waals surface area contributed by atoms with Gasteiger partial charge in [0.15, 0.2) is 5.78 Å². The first-order chi connectivity index (χ1) is 10.0. The van der Waals surface area contributed by atoms with Crippen LogP contribution in [-0.2, 0) is 9.59 Å². The van der Waals surface area contributed by atoms with E-state index in [9.17, 15) is 14.7 Å². The van der Waals surface area contributed by atoms with Gasteiger partial charge < -0.3 is 5.11 Å². The molecule has 2 aromatic carbocycles. The maximum absolute atomic E-state index is 12.1. The van der Waals surface area contributed by atoms with Crippen molar-refractivity contribution >= 4 is 35.3 Å². The first-order valence-electron chi connectivity index (χ1n) is 6.27. The first-order valence-corrected chi connectivity index (χ1v) is 7.90. The lowest BCUT2D eigenvalue weighted by molar-refractivity contribution is -0.140. The highest BCUT2D eigenvalue weighted by Gasteiger charge is 2.46. The zero-order valence-corrected chi connectivity index (χ0v) is 13.0. The van der Waals surface area contributed by atoms with Crippen molar-refractivity contribution in [3.8, 4) is 0 Å². The van der Waals surface area contributed by atoms with E-state index in [-0.39, 0.29) is 0 Å². The maximum Gasteiger partial charge on any atom is 0.338 e. The summed E-state index contributed by atoms with van der Waals surface area (Å²) in [6, 6.07) is 18.2. The molecule has 5 heteroatoms. The van der Waals surface area contributed by atoms with Gasteiger partial charge in [0.05, 0.1) is 0 Å². The van der Waals surface area contributed by atoms with E-state index >= 15 is 0 Å². The van der Waals surface area contributed by atoms with E-state index in [1.165, 1.54) is 6.92 Å². The normalized spacial score (nSPS) is 11.1. The number of carbonyl (C=O) groups is 2. The fraction of sp³-hybridized carbons (Fsp3) is 0.125. The van der Waals surface area contributed by atoms with E-state index < -0.39 is 15.8 Å². The van der Waals surface area contributed by atoms with Gasteiger partial charge in [-0.15, -0.1) is 0 Å². The molecule has 0 aliphatic heterocycles. The fourth-order valence-electron chi connectivity index (χ4n) is 1.71. The average molecular weight is 318 g/mol. The second-order valence-electron chi connectivity index (χ2n) is 4.31. The topological polar surface area (TPSA) is 54.4 Å². The van der Waals surface area contributed by atoms with Crippen molar-refractivity contribution in [2.45, 2.75) is 20.8 Å². The Morgan fingerprint density at radius 2 is 1.24 bits per heavy atom. The van der Waals surface area contributed by atoms with Crippen LogP contribution in [0.4, 0.5) is 0 Å². The Labute approximate surface area is 131 Å². The van der Waals surface area contributed by atoms with Crippen LogP contribution in [0.1, 0.15) is 6.92 Å². The second kappa shape index (κ2) is 6.83. The summed E-state index contributed by atoms with van der Waals surface area (Å²) in [5, 5.41) is 9.65. The number of aliphatic carboxylic acids is 1. The van der Waals surface area contributed by atoms with Crippen LogP contribution in [0.2, 0.25) is 0 Å². The standard InChI is InChI=1S/C16H14O3S2/c1-12(17)16(15(18)19,20-13-8-4-2-5-9-13)21-14-10-6-3-7-11-14/h2-11H,1H3,(H,18,19). The molecule has 0 unspecified atom stereocenters. The number of Topliss-reactive ketones (excluding diaryl/α,β-unsaturated/α-hetero) is 1. The summed E-state index contributed by atoms with van der Waals surface area (Å²) in [5.74, 6) is -1.53. The lowest BCUT2D eigenvalue weighted by atomic mass is 10.3. The van der Waals surface area contributed by atoms with E-state index in [0.29, 0.717) is 0 Å². The minimum absolute atomic E-state index is 0.391. The Hall–Kier alpha value is -1.72. The van der Waals surface area contributed by atoms with Gasteiger partial charge in [-0.25, -0.2) is 4.79 Å². The summed E-state index contributed by atoms with van der Waals surface area (Å²) in [5.41, 5.74) is 0. The quantitative estimate of drug-likeness (QED) is 0.497. The van der Waals surface area contributed by atoms with Crippen molar-refractivity contribution in [2.24, 2.45) is 0 Å². The van der Waals surface area contributed by atoms with Crippen LogP contribution in [0.15, 0.2) is 70.5 Å². The summed E-state index contributed by atoms with van der Waals surface area (Å²) < 4.78 is -1.58. The fourth-order valence-corrected chi connectivity index (χ4v) is 4.17. The molecule has 0 spiro atoms. The molecule has 0 saturated carbocycles. The predicted molar refractivity (Wildman–Crippen MR) is 85.6 cm³/mol. The van der Waals surface area contributed by atoms with Crippen LogP contribution in [0, 0.1) is 0 Å². The minimum Gasteiger partial charge on any atom is -0.479 e. The predicted octanol–water partition coefficient (Wildman–Crippen LogP) is 3.94. The van der Waals surface area contributed by atoms with E-state index in [2.05, 4.69) is 0 Å². The Kier molecular flexibility index (Phi) is 5.09. The van der Waals surface area contributed by atoms with Gasteiger partial charge in [0.25, 0.3) is 0 Å². The largest absolute Gasteiger partial charge is 0.479 e. The molecule has 0 atom stereocenters. The number of carbonyl (C=O) groups excluding carboxylic acids is 1. The van der Waals surface area contributed by atoms with Crippen LogP contribution in [0.3, 0.4) is 0 Å². The van der Waals surface area contributed by atoms with Gasteiger partial charge in [0, 0.05) is 9.79 Å². The molecule has 0 aromatic heterocycles. The molecular weight excluding hydrogens is 304 g/mol. The zero-order chi connectivity index (χ0) is 15.3. The van der Waals surface area contributed by atoms with Crippen LogP contribution in [-0.4, -0.2) is 20.9 Å². The maximum atomic E-state index is 12.1. The van der Waals surface area contributed by atoms with Gasteiger partial charge in [-0.1, -0.05) is 59.9 Å². The summed E-state index contributed by atoms with van der Waals surface area (Å²) in [4.78, 5) is 25.4. The smallest absolute Gasteiger partial charge is 0.338 e. The molecule has 2 aromatic rings. The molecule has 0 radical (unpaired) electrons. The Morgan fingerprint density at radius 3 is 1.52 bits per heavy atom. The zero-order valence-electron chi connectivity index (χ0n) is 11.4. The van der Waals surface area contributed by atoms with Crippen molar-refractivity contribution in [3.63, 3.8) is 0 Å². The van der Waals surface area contributed by atoms with Gasteiger partial charge in [-0.3, -0.25) is 4.79 Å². The molecule has 1 N–H and O–H groups in total. The van der Waals surface area contributed by atoms with Crippen LogP contribution in [0.5, 0.6) is 0 Å². The molecule has 0 fully saturated rings. The number of carboxylic acids is 1. The second-order valence-corrected chi connectivity index (χ2v) is 7.14. The summed E-state index contributed by atoms with van der Waals surface area (Å²) in [6.07, 6.45) is 0. The molecule has 0 bridgehead atoms. The van der Waals surface area contributed by atoms with E-state index in [1.807, 2.05) is 36.4 Å². The molecule has 108 valence electrons. The van der Waals surface area contributed by atoms with Crippen molar-refractivity contribution in [1.29, 1.82) is 0 Å². The van der Waals surface area contributed by atoms with Gasteiger partial charge in [-0.2, -0.15) is 0 Å². The number of thioether (sulfide) groups is 2. The van der Waals surface area contributed by atoms with Crippen molar-refractivity contribution in [3.05, 3.63) is 60.7 Å². The van der Waals surface area contributed by atoms with Crippen molar-refractivity contribution in [2.75, 3.05) is 0 Å². The van der Waals surface area contributed by atoms with E-state index in [0.717, 1.165) is 33.3 Å². The summed E-state index contributed by atoms with van der Waals surface area (Å²) >= 11 is 2.12.